The Morgan fingerprint density at radius 2 is 2.11 bits per heavy atom. The molecule has 0 saturated heterocycles. The topological polar surface area (TPSA) is 0 Å². The third-order valence-corrected chi connectivity index (χ3v) is 3.44. The van der Waals surface area contributed by atoms with Crippen LogP contribution in [0, 0.1) is 17.3 Å². The summed E-state index contributed by atoms with van der Waals surface area (Å²) >= 11 is 0. The molecule has 0 nitrogen and oxygen atoms in total. The highest BCUT2D eigenvalue weighted by Gasteiger charge is 2.47. The molecule has 3 saturated carbocycles. The zero-order chi connectivity index (χ0) is 6.48. The lowest BCUT2D eigenvalue weighted by atomic mass is 9.51. The molecule has 3 rings (SSSR count). The van der Waals surface area contributed by atoms with Crippen molar-refractivity contribution in [2.45, 2.75) is 39.5 Å². The predicted octanol–water partition coefficient (Wildman–Crippen LogP) is 2.79. The van der Waals surface area contributed by atoms with E-state index in [1.54, 1.807) is 5.92 Å². The lowest BCUT2D eigenvalue weighted by Gasteiger charge is -2.54. The standard InChI is InChI=1S/C9H15/c1-7-3-4-8-5-9(7,2)6-8/h8H,3-6H2,1-2H3. The maximum atomic E-state index is 2.43. The fourth-order valence-corrected chi connectivity index (χ4v) is 2.49. The van der Waals surface area contributed by atoms with Crippen LogP contribution in [0.2, 0.25) is 0 Å². The highest BCUT2D eigenvalue weighted by atomic mass is 14.5. The average molecular weight is 123 g/mol. The van der Waals surface area contributed by atoms with Gasteiger partial charge in [-0.1, -0.05) is 13.8 Å². The minimum atomic E-state index is 0.697. The maximum Gasteiger partial charge on any atom is -0.0213 e. The van der Waals surface area contributed by atoms with Crippen molar-refractivity contribution in [1.29, 1.82) is 0 Å². The molecule has 3 fully saturated rings. The number of fused-ring (bicyclic) bond motifs is 2. The van der Waals surface area contributed by atoms with Crippen LogP contribution in [0.4, 0.5) is 0 Å². The summed E-state index contributed by atoms with van der Waals surface area (Å²) < 4.78 is 0. The van der Waals surface area contributed by atoms with Gasteiger partial charge in [0, 0.05) is 0 Å². The van der Waals surface area contributed by atoms with Crippen LogP contribution < -0.4 is 0 Å². The lowest BCUT2D eigenvalue weighted by molar-refractivity contribution is 0.0402. The van der Waals surface area contributed by atoms with Crippen molar-refractivity contribution >= 4 is 0 Å². The molecule has 0 heteroatoms. The first-order valence-electron chi connectivity index (χ1n) is 4.04. The SMILES string of the molecule is C[C]1CCC2CC1(C)C2. The molecule has 0 aromatic heterocycles. The molecule has 0 aromatic carbocycles. The van der Waals surface area contributed by atoms with Gasteiger partial charge in [0.1, 0.15) is 0 Å². The van der Waals surface area contributed by atoms with Gasteiger partial charge in [-0.2, -0.15) is 0 Å². The van der Waals surface area contributed by atoms with Crippen LogP contribution in [-0.2, 0) is 0 Å². The van der Waals surface area contributed by atoms with E-state index < -0.39 is 0 Å². The zero-order valence-corrected chi connectivity index (χ0v) is 6.41. The van der Waals surface area contributed by atoms with Crippen LogP contribution in [-0.4, -0.2) is 0 Å². The second-order valence-electron chi connectivity index (χ2n) is 4.15. The van der Waals surface area contributed by atoms with Gasteiger partial charge in [-0.3, -0.25) is 0 Å². The smallest absolute Gasteiger partial charge is 0.0213 e. The van der Waals surface area contributed by atoms with Gasteiger partial charge in [0.2, 0.25) is 0 Å². The summed E-state index contributed by atoms with van der Waals surface area (Å²) in [6.45, 7) is 4.77. The fourth-order valence-electron chi connectivity index (χ4n) is 2.49. The molecule has 0 amide bonds. The van der Waals surface area contributed by atoms with Gasteiger partial charge in [0.15, 0.2) is 0 Å². The van der Waals surface area contributed by atoms with Gasteiger partial charge < -0.3 is 0 Å². The first-order valence-corrected chi connectivity index (χ1v) is 4.04. The minimum absolute atomic E-state index is 0.697. The van der Waals surface area contributed by atoms with E-state index in [1.165, 1.54) is 25.7 Å². The van der Waals surface area contributed by atoms with E-state index in [0.29, 0.717) is 5.41 Å². The molecule has 3 aliphatic rings. The molecule has 2 bridgehead atoms. The molecule has 0 aliphatic heterocycles. The van der Waals surface area contributed by atoms with E-state index in [0.717, 1.165) is 5.92 Å². The van der Waals surface area contributed by atoms with Gasteiger partial charge in [-0.05, 0) is 42.9 Å². The number of rotatable bonds is 0. The van der Waals surface area contributed by atoms with E-state index >= 15 is 0 Å². The first-order chi connectivity index (χ1) is 4.21. The second-order valence-corrected chi connectivity index (χ2v) is 4.15. The Bertz CT molecular complexity index is 120. The van der Waals surface area contributed by atoms with E-state index in [1.807, 2.05) is 0 Å². The Labute approximate surface area is 57.6 Å². The Balaban J connectivity index is 2.11. The van der Waals surface area contributed by atoms with Gasteiger partial charge >= 0.3 is 0 Å². The molecule has 0 aromatic rings. The van der Waals surface area contributed by atoms with Crippen molar-refractivity contribution in [2.24, 2.45) is 11.3 Å². The average Bonchev–Trinajstić information content (AvgIpc) is 1.73. The zero-order valence-electron chi connectivity index (χ0n) is 6.41. The van der Waals surface area contributed by atoms with Gasteiger partial charge in [-0.25, -0.2) is 0 Å². The predicted molar refractivity (Wildman–Crippen MR) is 39.0 cm³/mol. The minimum Gasteiger partial charge on any atom is -0.0591 e. The summed E-state index contributed by atoms with van der Waals surface area (Å²) in [7, 11) is 0. The van der Waals surface area contributed by atoms with E-state index in [2.05, 4.69) is 13.8 Å². The molecule has 0 unspecified atom stereocenters. The van der Waals surface area contributed by atoms with Crippen molar-refractivity contribution < 1.29 is 0 Å². The Hall–Kier alpha value is 0. The third kappa shape index (κ3) is 0.653. The molecule has 51 valence electrons. The lowest BCUT2D eigenvalue weighted by Crippen LogP contribution is -2.43. The third-order valence-electron chi connectivity index (χ3n) is 3.44. The van der Waals surface area contributed by atoms with E-state index in [-0.39, 0.29) is 0 Å². The van der Waals surface area contributed by atoms with Crippen molar-refractivity contribution in [2.75, 3.05) is 0 Å². The highest BCUT2D eigenvalue weighted by molar-refractivity contribution is 5.13. The van der Waals surface area contributed by atoms with Crippen LogP contribution in [0.5, 0.6) is 0 Å². The van der Waals surface area contributed by atoms with Crippen LogP contribution in [0.15, 0.2) is 0 Å². The Morgan fingerprint density at radius 1 is 1.44 bits per heavy atom. The van der Waals surface area contributed by atoms with Crippen molar-refractivity contribution in [3.63, 3.8) is 0 Å². The Morgan fingerprint density at radius 3 is 2.44 bits per heavy atom. The highest BCUT2D eigenvalue weighted by Crippen LogP contribution is 2.59. The normalized spacial score (nSPS) is 50.7. The Kier molecular flexibility index (Phi) is 0.980. The monoisotopic (exact) mass is 123 g/mol. The van der Waals surface area contributed by atoms with Gasteiger partial charge in [0.25, 0.3) is 0 Å². The van der Waals surface area contributed by atoms with Crippen molar-refractivity contribution in [3.05, 3.63) is 5.92 Å². The first kappa shape index (κ1) is 5.76. The van der Waals surface area contributed by atoms with Crippen molar-refractivity contribution in [3.8, 4) is 0 Å². The quantitative estimate of drug-likeness (QED) is 0.464. The van der Waals surface area contributed by atoms with Gasteiger partial charge in [-0.15, -0.1) is 0 Å². The summed E-state index contributed by atoms with van der Waals surface area (Å²) in [5.41, 5.74) is 0.697. The summed E-state index contributed by atoms with van der Waals surface area (Å²) in [4.78, 5) is 0. The van der Waals surface area contributed by atoms with Crippen LogP contribution >= 0.6 is 0 Å². The molecule has 0 spiro atoms. The molecular formula is C9H15. The molecule has 3 aliphatic carbocycles. The summed E-state index contributed by atoms with van der Waals surface area (Å²) in [5, 5.41) is 0. The molecule has 0 N–H and O–H groups in total. The molecular weight excluding hydrogens is 108 g/mol. The molecule has 0 heterocycles. The van der Waals surface area contributed by atoms with E-state index in [9.17, 15) is 0 Å². The molecule has 9 heavy (non-hydrogen) atoms. The van der Waals surface area contributed by atoms with Crippen LogP contribution in [0.25, 0.3) is 0 Å². The maximum absolute atomic E-state index is 2.43. The largest absolute Gasteiger partial charge is 0.0591 e. The van der Waals surface area contributed by atoms with Crippen LogP contribution in [0.1, 0.15) is 39.5 Å². The fraction of sp³-hybridized carbons (Fsp3) is 0.889. The summed E-state index contributed by atoms with van der Waals surface area (Å²) in [6, 6.07) is 0. The van der Waals surface area contributed by atoms with E-state index in [4.69, 9.17) is 0 Å². The molecule has 0 atom stereocenters. The summed E-state index contributed by atoms with van der Waals surface area (Å²) in [6.07, 6.45) is 5.90. The van der Waals surface area contributed by atoms with Crippen LogP contribution in [0.3, 0.4) is 0 Å². The van der Waals surface area contributed by atoms with Gasteiger partial charge in [0.05, 0.1) is 0 Å². The number of hydrogen-bond acceptors (Lipinski definition) is 0. The molecule has 1 radical (unpaired) electrons. The number of hydrogen-bond donors (Lipinski definition) is 0. The van der Waals surface area contributed by atoms with Crippen molar-refractivity contribution in [1.82, 2.24) is 0 Å². The second kappa shape index (κ2) is 1.53. The summed E-state index contributed by atoms with van der Waals surface area (Å²) in [5.74, 6) is 2.88.